The van der Waals surface area contributed by atoms with Crippen molar-refractivity contribution in [2.75, 3.05) is 18.1 Å². The Bertz CT molecular complexity index is 397. The van der Waals surface area contributed by atoms with Crippen molar-refractivity contribution in [2.45, 2.75) is 19.5 Å². The fraction of sp³-hybridized carbons (Fsp3) is 0.462. The third-order valence-electron chi connectivity index (χ3n) is 3.02. The van der Waals surface area contributed by atoms with E-state index in [-0.39, 0.29) is 0 Å². The molecule has 1 aliphatic rings. The Balaban J connectivity index is 2.11. The summed E-state index contributed by atoms with van der Waals surface area (Å²) in [6, 6.07) is 10.8. The average molecular weight is 232 g/mol. The molecule has 16 heavy (non-hydrogen) atoms. The number of rotatable bonds is 2. The summed E-state index contributed by atoms with van der Waals surface area (Å²) in [5.74, 6) is 2.41. The van der Waals surface area contributed by atoms with Crippen LogP contribution in [-0.4, -0.2) is 29.0 Å². The molecule has 1 heterocycles. The van der Waals surface area contributed by atoms with Gasteiger partial charge < -0.3 is 0 Å². The normalized spacial score (nSPS) is 21.6. The molecule has 0 amide bonds. The summed E-state index contributed by atoms with van der Waals surface area (Å²) >= 11 is 2.02. The van der Waals surface area contributed by atoms with Crippen LogP contribution in [0, 0.1) is 11.3 Å². The summed E-state index contributed by atoms with van der Waals surface area (Å²) in [4.78, 5) is 2.46. The molecule has 1 unspecified atom stereocenters. The molecule has 0 spiro atoms. The van der Waals surface area contributed by atoms with E-state index in [9.17, 15) is 0 Å². The zero-order valence-corrected chi connectivity index (χ0v) is 10.3. The standard InChI is InChI=1S/C13H16N2S/c1-11-10-16-7-6-15(11)9-13-5-3-2-4-12(13)8-14/h2-5,11H,6-7,9-10H2,1H3. The molecule has 0 aromatic heterocycles. The number of benzene rings is 1. The molecule has 0 radical (unpaired) electrons. The SMILES string of the molecule is CC1CSCCN1Cc1ccccc1C#N. The molecule has 1 aromatic rings. The number of hydrogen-bond acceptors (Lipinski definition) is 3. The van der Waals surface area contributed by atoms with Gasteiger partial charge in [0.05, 0.1) is 11.6 Å². The summed E-state index contributed by atoms with van der Waals surface area (Å²) in [7, 11) is 0. The molecule has 2 rings (SSSR count). The lowest BCUT2D eigenvalue weighted by Crippen LogP contribution is -2.39. The van der Waals surface area contributed by atoms with Crippen LogP contribution in [0.3, 0.4) is 0 Å². The lowest BCUT2D eigenvalue weighted by Gasteiger charge is -2.33. The first-order valence-corrected chi connectivity index (χ1v) is 6.76. The minimum Gasteiger partial charge on any atom is -0.295 e. The van der Waals surface area contributed by atoms with Crippen LogP contribution in [0.2, 0.25) is 0 Å². The summed E-state index contributed by atoms with van der Waals surface area (Å²) < 4.78 is 0. The van der Waals surface area contributed by atoms with Gasteiger partial charge in [0.25, 0.3) is 0 Å². The number of thioether (sulfide) groups is 1. The maximum absolute atomic E-state index is 9.04. The number of nitriles is 1. The van der Waals surface area contributed by atoms with E-state index in [4.69, 9.17) is 5.26 Å². The Morgan fingerprint density at radius 1 is 1.50 bits per heavy atom. The van der Waals surface area contributed by atoms with Crippen molar-refractivity contribution in [3.63, 3.8) is 0 Å². The third kappa shape index (κ3) is 2.58. The zero-order valence-electron chi connectivity index (χ0n) is 9.52. The fourth-order valence-corrected chi connectivity index (χ4v) is 3.06. The minimum absolute atomic E-state index is 0.616. The molecule has 1 fully saturated rings. The molecule has 2 nitrogen and oxygen atoms in total. The molecule has 1 saturated heterocycles. The van der Waals surface area contributed by atoms with Crippen LogP contribution in [-0.2, 0) is 6.54 Å². The van der Waals surface area contributed by atoms with Crippen molar-refractivity contribution in [3.8, 4) is 6.07 Å². The summed E-state index contributed by atoms with van der Waals surface area (Å²) in [5, 5.41) is 9.04. The first kappa shape index (κ1) is 11.5. The van der Waals surface area contributed by atoms with Crippen LogP contribution in [0.15, 0.2) is 24.3 Å². The second kappa shape index (κ2) is 5.38. The van der Waals surface area contributed by atoms with E-state index in [0.717, 1.165) is 24.2 Å². The van der Waals surface area contributed by atoms with Gasteiger partial charge in [-0.3, -0.25) is 4.90 Å². The maximum Gasteiger partial charge on any atom is 0.0995 e. The van der Waals surface area contributed by atoms with Gasteiger partial charge in [0.1, 0.15) is 0 Å². The highest BCUT2D eigenvalue weighted by Gasteiger charge is 2.19. The van der Waals surface area contributed by atoms with Crippen molar-refractivity contribution in [1.82, 2.24) is 4.90 Å². The van der Waals surface area contributed by atoms with Crippen LogP contribution in [0.1, 0.15) is 18.1 Å². The molecule has 0 aliphatic carbocycles. The van der Waals surface area contributed by atoms with E-state index < -0.39 is 0 Å². The van der Waals surface area contributed by atoms with Gasteiger partial charge >= 0.3 is 0 Å². The van der Waals surface area contributed by atoms with Crippen LogP contribution in [0.25, 0.3) is 0 Å². The zero-order chi connectivity index (χ0) is 11.4. The van der Waals surface area contributed by atoms with Crippen LogP contribution < -0.4 is 0 Å². The van der Waals surface area contributed by atoms with Crippen molar-refractivity contribution in [3.05, 3.63) is 35.4 Å². The molecule has 1 atom stereocenters. The van der Waals surface area contributed by atoms with Gasteiger partial charge in [-0.2, -0.15) is 17.0 Å². The third-order valence-corrected chi connectivity index (χ3v) is 4.21. The molecule has 0 N–H and O–H groups in total. The van der Waals surface area contributed by atoms with Crippen molar-refractivity contribution in [1.29, 1.82) is 5.26 Å². The van der Waals surface area contributed by atoms with Crippen LogP contribution in [0.4, 0.5) is 0 Å². The predicted octanol–water partition coefficient (Wildman–Crippen LogP) is 2.50. The highest BCUT2D eigenvalue weighted by molar-refractivity contribution is 7.99. The molecule has 0 saturated carbocycles. The van der Waals surface area contributed by atoms with Gasteiger partial charge in [0.2, 0.25) is 0 Å². The van der Waals surface area contributed by atoms with Crippen molar-refractivity contribution >= 4 is 11.8 Å². The summed E-state index contributed by atoms with van der Waals surface area (Å²) in [6.07, 6.45) is 0. The van der Waals surface area contributed by atoms with E-state index in [0.29, 0.717) is 6.04 Å². The number of nitrogens with zero attached hydrogens (tertiary/aromatic N) is 2. The van der Waals surface area contributed by atoms with Gasteiger partial charge in [-0.25, -0.2) is 0 Å². The molecule has 3 heteroatoms. The smallest absolute Gasteiger partial charge is 0.0995 e. The number of hydrogen-bond donors (Lipinski definition) is 0. The first-order chi connectivity index (χ1) is 7.81. The summed E-state index contributed by atoms with van der Waals surface area (Å²) in [5.41, 5.74) is 1.97. The second-order valence-corrected chi connectivity index (χ2v) is 5.31. The monoisotopic (exact) mass is 232 g/mol. The molecular weight excluding hydrogens is 216 g/mol. The lowest BCUT2D eigenvalue weighted by molar-refractivity contribution is 0.224. The predicted molar refractivity (Wildman–Crippen MR) is 68.4 cm³/mol. The molecule has 84 valence electrons. The van der Waals surface area contributed by atoms with Gasteiger partial charge in [0.15, 0.2) is 0 Å². The first-order valence-electron chi connectivity index (χ1n) is 5.61. The van der Waals surface area contributed by atoms with Crippen LogP contribution >= 0.6 is 11.8 Å². The highest BCUT2D eigenvalue weighted by atomic mass is 32.2. The molecular formula is C13H16N2S. The molecule has 1 aliphatic heterocycles. The largest absolute Gasteiger partial charge is 0.295 e. The second-order valence-electron chi connectivity index (χ2n) is 4.16. The van der Waals surface area contributed by atoms with E-state index in [1.54, 1.807) is 0 Å². The van der Waals surface area contributed by atoms with E-state index in [1.807, 2.05) is 30.0 Å². The Labute approximate surface area is 101 Å². The van der Waals surface area contributed by atoms with E-state index in [2.05, 4.69) is 24.0 Å². The lowest BCUT2D eigenvalue weighted by atomic mass is 10.1. The van der Waals surface area contributed by atoms with E-state index in [1.165, 1.54) is 11.5 Å². The Kier molecular flexibility index (Phi) is 3.87. The highest BCUT2D eigenvalue weighted by Crippen LogP contribution is 2.19. The fourth-order valence-electron chi connectivity index (χ4n) is 1.98. The Morgan fingerprint density at radius 3 is 3.06 bits per heavy atom. The quantitative estimate of drug-likeness (QED) is 0.784. The van der Waals surface area contributed by atoms with Crippen molar-refractivity contribution in [2.24, 2.45) is 0 Å². The average Bonchev–Trinajstić information content (AvgIpc) is 2.33. The van der Waals surface area contributed by atoms with Crippen LogP contribution in [0.5, 0.6) is 0 Å². The maximum atomic E-state index is 9.04. The Morgan fingerprint density at radius 2 is 2.31 bits per heavy atom. The van der Waals surface area contributed by atoms with Gasteiger partial charge in [-0.1, -0.05) is 18.2 Å². The minimum atomic E-state index is 0.616. The van der Waals surface area contributed by atoms with E-state index >= 15 is 0 Å². The van der Waals surface area contributed by atoms with Gasteiger partial charge in [-0.05, 0) is 18.6 Å². The van der Waals surface area contributed by atoms with Gasteiger partial charge in [-0.15, -0.1) is 0 Å². The Hall–Kier alpha value is -0.980. The molecule has 1 aromatic carbocycles. The molecule has 0 bridgehead atoms. The topological polar surface area (TPSA) is 27.0 Å². The van der Waals surface area contributed by atoms with Crippen molar-refractivity contribution < 1.29 is 0 Å². The summed E-state index contributed by atoms with van der Waals surface area (Å²) in [6.45, 7) is 4.30. The van der Waals surface area contributed by atoms with Gasteiger partial charge in [0, 0.05) is 30.6 Å².